The molecule has 2 aliphatic rings. The number of aliphatic hydroxyl groups excluding tert-OH is 1. The second-order valence-corrected chi connectivity index (χ2v) is 5.21. The lowest BCUT2D eigenvalue weighted by atomic mass is 10.1. The van der Waals surface area contributed by atoms with E-state index in [1.165, 1.54) is 0 Å². The molecule has 19 heavy (non-hydrogen) atoms. The first-order chi connectivity index (χ1) is 9.01. The Balaban J connectivity index is 1.84. The third-order valence-corrected chi connectivity index (χ3v) is 3.58. The van der Waals surface area contributed by atoms with Gasteiger partial charge in [0.15, 0.2) is 0 Å². The van der Waals surface area contributed by atoms with Gasteiger partial charge in [0.25, 0.3) is 0 Å². The van der Waals surface area contributed by atoms with Crippen LogP contribution in [0.1, 0.15) is 19.3 Å². The molecule has 2 unspecified atom stereocenters. The number of hydrogen-bond acceptors (Lipinski definition) is 5. The zero-order valence-corrected chi connectivity index (χ0v) is 10.8. The summed E-state index contributed by atoms with van der Waals surface area (Å²) in [6, 6.07) is 0.323. The number of rotatable bonds is 6. The second-order valence-electron chi connectivity index (χ2n) is 5.21. The molecule has 0 aromatic carbocycles. The molecule has 0 bridgehead atoms. The highest BCUT2D eigenvalue weighted by Crippen LogP contribution is 2.31. The minimum absolute atomic E-state index is 0.0379. The Morgan fingerprint density at radius 2 is 2.26 bits per heavy atom. The molecule has 2 atom stereocenters. The van der Waals surface area contributed by atoms with Crippen LogP contribution in [0, 0.1) is 0 Å². The van der Waals surface area contributed by atoms with Gasteiger partial charge in [-0.1, -0.05) is 0 Å². The van der Waals surface area contributed by atoms with Gasteiger partial charge in [-0.15, -0.1) is 0 Å². The highest BCUT2D eigenvalue weighted by Gasteiger charge is 2.51. The number of halogens is 2. The fourth-order valence-electron chi connectivity index (χ4n) is 2.66. The molecule has 0 aromatic heterocycles. The summed E-state index contributed by atoms with van der Waals surface area (Å²) in [5, 5.41) is 12.3. The number of nitrogens with zero attached hydrogens (tertiary/aromatic N) is 1. The number of esters is 1. The van der Waals surface area contributed by atoms with Gasteiger partial charge in [0.2, 0.25) is 0 Å². The van der Waals surface area contributed by atoms with Crippen molar-refractivity contribution < 1.29 is 23.4 Å². The quantitative estimate of drug-likeness (QED) is 0.669. The first kappa shape index (κ1) is 14.6. The van der Waals surface area contributed by atoms with Crippen LogP contribution in [-0.4, -0.2) is 66.8 Å². The van der Waals surface area contributed by atoms with Crippen molar-refractivity contribution in [1.29, 1.82) is 0 Å². The molecule has 7 heteroatoms. The van der Waals surface area contributed by atoms with E-state index in [2.05, 4.69) is 10.1 Å². The summed E-state index contributed by atoms with van der Waals surface area (Å²) in [6.07, 6.45) is 0.804. The normalized spacial score (nSPS) is 30.0. The van der Waals surface area contributed by atoms with Crippen molar-refractivity contribution in [2.75, 3.05) is 32.8 Å². The largest absolute Gasteiger partial charge is 0.456 e. The van der Waals surface area contributed by atoms with Crippen molar-refractivity contribution in [1.82, 2.24) is 10.2 Å². The number of carbonyl (C=O) groups excluding carboxylic acids is 1. The van der Waals surface area contributed by atoms with Gasteiger partial charge < -0.3 is 15.2 Å². The molecule has 2 aliphatic heterocycles. The van der Waals surface area contributed by atoms with Crippen LogP contribution in [0.3, 0.4) is 0 Å². The predicted octanol–water partition coefficient (Wildman–Crippen LogP) is -0.0165. The molecular weight excluding hydrogens is 258 g/mol. The van der Waals surface area contributed by atoms with Crippen molar-refractivity contribution in [3.8, 4) is 0 Å². The molecule has 2 heterocycles. The average molecular weight is 278 g/mol. The number of alkyl halides is 2. The van der Waals surface area contributed by atoms with Crippen LogP contribution in [-0.2, 0) is 9.53 Å². The number of ether oxygens (including phenoxy) is 1. The van der Waals surface area contributed by atoms with E-state index in [9.17, 15) is 13.6 Å². The SMILES string of the molecule is O=C1OC(CN(CCO)CC2CCCN2)CC1(F)F. The standard InChI is InChI=1S/C12H20F2N2O3/c13-12(14)6-10(19-11(12)18)8-16(4-5-17)7-9-2-1-3-15-9/h9-10,15,17H,1-8H2. The molecule has 0 aliphatic carbocycles. The second kappa shape index (κ2) is 6.11. The van der Waals surface area contributed by atoms with Crippen molar-refractivity contribution in [2.45, 2.75) is 37.3 Å². The van der Waals surface area contributed by atoms with Gasteiger partial charge in [-0.2, -0.15) is 8.78 Å². The first-order valence-corrected chi connectivity index (χ1v) is 6.67. The van der Waals surface area contributed by atoms with Gasteiger partial charge in [0.1, 0.15) is 6.10 Å². The molecule has 2 rings (SSSR count). The number of nitrogens with one attached hydrogen (secondary N) is 1. The third kappa shape index (κ3) is 3.84. The zero-order chi connectivity index (χ0) is 13.9. The average Bonchev–Trinajstić information content (AvgIpc) is 2.88. The van der Waals surface area contributed by atoms with Crippen molar-refractivity contribution in [3.05, 3.63) is 0 Å². The summed E-state index contributed by atoms with van der Waals surface area (Å²) < 4.78 is 30.8. The van der Waals surface area contributed by atoms with Crippen molar-refractivity contribution in [3.63, 3.8) is 0 Å². The lowest BCUT2D eigenvalue weighted by Crippen LogP contribution is -2.42. The molecule has 0 radical (unpaired) electrons. The van der Waals surface area contributed by atoms with Crippen molar-refractivity contribution in [2.24, 2.45) is 0 Å². The summed E-state index contributed by atoms with van der Waals surface area (Å²) in [4.78, 5) is 12.8. The fraction of sp³-hybridized carbons (Fsp3) is 0.917. The van der Waals surface area contributed by atoms with Gasteiger partial charge in [0, 0.05) is 25.7 Å². The smallest absolute Gasteiger partial charge is 0.377 e. The highest BCUT2D eigenvalue weighted by atomic mass is 19.3. The monoisotopic (exact) mass is 278 g/mol. The Hall–Kier alpha value is -0.790. The van der Waals surface area contributed by atoms with Crippen LogP contribution in [0.25, 0.3) is 0 Å². The van der Waals surface area contributed by atoms with E-state index in [4.69, 9.17) is 5.11 Å². The summed E-state index contributed by atoms with van der Waals surface area (Å²) in [5.74, 6) is -4.79. The Labute approximate surface area is 110 Å². The summed E-state index contributed by atoms with van der Waals surface area (Å²) in [5.41, 5.74) is 0. The molecule has 2 fully saturated rings. The third-order valence-electron chi connectivity index (χ3n) is 3.58. The minimum Gasteiger partial charge on any atom is -0.456 e. The Morgan fingerprint density at radius 3 is 2.79 bits per heavy atom. The van der Waals surface area contributed by atoms with Gasteiger partial charge in [-0.05, 0) is 19.4 Å². The van der Waals surface area contributed by atoms with Crippen LogP contribution in [0.2, 0.25) is 0 Å². The van der Waals surface area contributed by atoms with Gasteiger partial charge >= 0.3 is 11.9 Å². The number of cyclic esters (lactones) is 1. The number of carbonyl (C=O) groups is 1. The fourth-order valence-corrected chi connectivity index (χ4v) is 2.66. The van der Waals surface area contributed by atoms with Crippen molar-refractivity contribution >= 4 is 5.97 Å². The molecule has 0 amide bonds. The summed E-state index contributed by atoms with van der Waals surface area (Å²) in [7, 11) is 0. The van der Waals surface area contributed by atoms with Gasteiger partial charge in [-0.3, -0.25) is 4.90 Å². The summed E-state index contributed by atoms with van der Waals surface area (Å²) in [6.45, 7) is 2.26. The number of hydrogen-bond donors (Lipinski definition) is 2. The van der Waals surface area contributed by atoms with E-state index >= 15 is 0 Å². The maximum Gasteiger partial charge on any atom is 0.377 e. The molecule has 2 saturated heterocycles. The van der Waals surface area contributed by atoms with E-state index in [1.54, 1.807) is 0 Å². The maximum absolute atomic E-state index is 13.1. The molecule has 0 saturated carbocycles. The van der Waals surface area contributed by atoms with E-state index in [0.29, 0.717) is 19.1 Å². The molecule has 0 spiro atoms. The molecule has 0 aromatic rings. The maximum atomic E-state index is 13.1. The van der Waals surface area contributed by atoms with E-state index < -0.39 is 24.4 Å². The predicted molar refractivity (Wildman–Crippen MR) is 64.0 cm³/mol. The Morgan fingerprint density at radius 1 is 1.47 bits per heavy atom. The molecule has 110 valence electrons. The number of aliphatic hydroxyl groups is 1. The first-order valence-electron chi connectivity index (χ1n) is 6.67. The highest BCUT2D eigenvalue weighted by molar-refractivity contribution is 5.79. The zero-order valence-electron chi connectivity index (χ0n) is 10.8. The topological polar surface area (TPSA) is 61.8 Å². The lowest BCUT2D eigenvalue weighted by molar-refractivity contribution is -0.159. The van der Waals surface area contributed by atoms with E-state index in [0.717, 1.165) is 19.4 Å². The Bertz CT molecular complexity index is 322. The van der Waals surface area contributed by atoms with E-state index in [1.807, 2.05) is 4.90 Å². The van der Waals surface area contributed by atoms with Crippen LogP contribution < -0.4 is 5.32 Å². The van der Waals surface area contributed by atoms with Crippen LogP contribution in [0.15, 0.2) is 0 Å². The molecule has 2 N–H and O–H groups in total. The van der Waals surface area contributed by atoms with E-state index in [-0.39, 0.29) is 13.2 Å². The van der Waals surface area contributed by atoms with Crippen LogP contribution in [0.4, 0.5) is 8.78 Å². The minimum atomic E-state index is -3.36. The van der Waals surface area contributed by atoms with Gasteiger partial charge in [0.05, 0.1) is 13.0 Å². The van der Waals surface area contributed by atoms with Crippen LogP contribution in [0.5, 0.6) is 0 Å². The summed E-state index contributed by atoms with van der Waals surface area (Å²) >= 11 is 0. The Kier molecular flexibility index (Phi) is 4.70. The molecule has 5 nitrogen and oxygen atoms in total. The van der Waals surface area contributed by atoms with Gasteiger partial charge in [-0.25, -0.2) is 4.79 Å². The molecular formula is C12H20F2N2O3. The lowest BCUT2D eigenvalue weighted by Gasteiger charge is -2.26. The van der Waals surface area contributed by atoms with Crippen LogP contribution >= 0.6 is 0 Å².